The zero-order valence-electron chi connectivity index (χ0n) is 10.5. The average molecular weight is 253 g/mol. The van der Waals surface area contributed by atoms with Crippen LogP contribution >= 0.6 is 0 Å². The van der Waals surface area contributed by atoms with E-state index in [0.717, 1.165) is 17.7 Å². The van der Waals surface area contributed by atoms with Crippen molar-refractivity contribution in [1.29, 1.82) is 0 Å². The lowest BCUT2D eigenvalue weighted by molar-refractivity contribution is 0.103. The van der Waals surface area contributed by atoms with Crippen molar-refractivity contribution < 1.29 is 9.63 Å². The molecular weight excluding hydrogens is 238 g/mol. The summed E-state index contributed by atoms with van der Waals surface area (Å²) < 4.78 is 0. The molecule has 0 aliphatic carbocycles. The van der Waals surface area contributed by atoms with E-state index in [-0.39, 0.29) is 5.78 Å². The molecule has 0 bridgehead atoms. The molecule has 0 atom stereocenters. The Balaban J connectivity index is 0.000000224. The number of hydroxylamine groups is 1. The first-order chi connectivity index (χ1) is 9.38. The van der Waals surface area contributed by atoms with Crippen LogP contribution in [-0.4, -0.2) is 12.3 Å². The summed E-state index contributed by atoms with van der Waals surface area (Å²) in [5.41, 5.74) is 4.08. The number of rotatable bonds is 2. The van der Waals surface area contributed by atoms with Gasteiger partial charge in [0.25, 0.3) is 0 Å². The molecule has 0 saturated heterocycles. The first kappa shape index (κ1) is 13.1. The van der Waals surface area contributed by atoms with Gasteiger partial charge < -0.3 is 4.84 Å². The van der Waals surface area contributed by atoms with Gasteiger partial charge in [-0.15, -0.1) is 0 Å². The van der Waals surface area contributed by atoms with Crippen LogP contribution in [0.2, 0.25) is 0 Å². The minimum Gasteiger partial charge on any atom is -0.417 e. The van der Waals surface area contributed by atoms with Gasteiger partial charge in [-0.3, -0.25) is 4.79 Å². The van der Waals surface area contributed by atoms with Crippen molar-refractivity contribution in [3.63, 3.8) is 0 Å². The van der Waals surface area contributed by atoms with Crippen molar-refractivity contribution in [1.82, 2.24) is 5.48 Å². The number of benzene rings is 2. The molecule has 0 fully saturated rings. The molecule has 2 aromatic rings. The molecule has 1 aliphatic rings. The van der Waals surface area contributed by atoms with Gasteiger partial charge in [0.2, 0.25) is 0 Å². The fraction of sp³-hybridized carbons (Fsp3) is 0.0625. The summed E-state index contributed by atoms with van der Waals surface area (Å²) in [6, 6.07) is 18.6. The molecule has 0 spiro atoms. The van der Waals surface area contributed by atoms with Gasteiger partial charge in [-0.05, 0) is 6.08 Å². The van der Waals surface area contributed by atoms with Crippen LogP contribution in [0.5, 0.6) is 0 Å². The van der Waals surface area contributed by atoms with Crippen molar-refractivity contribution in [3.8, 4) is 0 Å². The van der Waals surface area contributed by atoms with E-state index >= 15 is 0 Å². The topological polar surface area (TPSA) is 38.3 Å². The molecule has 2 aromatic carbocycles. The maximum atomic E-state index is 11.8. The van der Waals surface area contributed by atoms with E-state index < -0.39 is 0 Å². The Morgan fingerprint density at radius 3 is 1.74 bits per heavy atom. The molecule has 1 heterocycles. The van der Waals surface area contributed by atoms with Gasteiger partial charge in [-0.25, -0.2) is 0 Å². The molecule has 96 valence electrons. The van der Waals surface area contributed by atoms with E-state index in [4.69, 9.17) is 0 Å². The fourth-order valence-corrected chi connectivity index (χ4v) is 1.59. The van der Waals surface area contributed by atoms with Crippen molar-refractivity contribution in [3.05, 3.63) is 84.1 Å². The van der Waals surface area contributed by atoms with Crippen LogP contribution in [0.4, 0.5) is 0 Å². The summed E-state index contributed by atoms with van der Waals surface area (Å²) in [6.07, 6.45) is 3.53. The molecule has 0 unspecified atom stereocenters. The molecule has 0 saturated carbocycles. The largest absolute Gasteiger partial charge is 0.417 e. The van der Waals surface area contributed by atoms with Gasteiger partial charge in [0.1, 0.15) is 6.26 Å². The smallest absolute Gasteiger partial charge is 0.193 e. The van der Waals surface area contributed by atoms with Crippen LogP contribution in [0, 0.1) is 0 Å². The van der Waals surface area contributed by atoms with Gasteiger partial charge in [-0.2, -0.15) is 5.48 Å². The number of nitrogens with one attached hydrogen (secondary N) is 1. The Hall–Kier alpha value is -2.39. The highest BCUT2D eigenvalue weighted by Crippen LogP contribution is 2.08. The fourth-order valence-electron chi connectivity index (χ4n) is 1.59. The lowest BCUT2D eigenvalue weighted by Crippen LogP contribution is -2.02. The van der Waals surface area contributed by atoms with E-state index in [9.17, 15) is 4.79 Å². The minimum atomic E-state index is 0.0752. The quantitative estimate of drug-likeness (QED) is 0.836. The van der Waals surface area contributed by atoms with E-state index in [1.807, 2.05) is 66.7 Å². The van der Waals surface area contributed by atoms with Gasteiger partial charge in [0.05, 0.1) is 6.54 Å². The molecule has 19 heavy (non-hydrogen) atoms. The van der Waals surface area contributed by atoms with Crippen molar-refractivity contribution in [2.24, 2.45) is 0 Å². The van der Waals surface area contributed by atoms with Gasteiger partial charge in [-0.1, -0.05) is 60.7 Å². The normalized spacial score (nSPS) is 12.2. The Bertz CT molecular complexity index is 488. The van der Waals surface area contributed by atoms with Crippen molar-refractivity contribution in [2.75, 3.05) is 6.54 Å². The predicted octanol–water partition coefficient (Wildman–Crippen LogP) is 2.95. The average Bonchev–Trinajstić information content (AvgIpc) is 3.08. The number of ketones is 1. The Labute approximate surface area is 112 Å². The molecule has 0 amide bonds. The number of carbonyl (C=O) groups excluding carboxylic acids is 1. The molecular formula is C16H15NO2. The van der Waals surface area contributed by atoms with E-state index in [1.54, 1.807) is 6.26 Å². The third kappa shape index (κ3) is 4.08. The van der Waals surface area contributed by atoms with E-state index in [2.05, 4.69) is 10.3 Å². The molecule has 1 N–H and O–H groups in total. The monoisotopic (exact) mass is 253 g/mol. The maximum absolute atomic E-state index is 11.8. The van der Waals surface area contributed by atoms with Crippen LogP contribution < -0.4 is 5.48 Å². The zero-order valence-corrected chi connectivity index (χ0v) is 10.5. The first-order valence-electron chi connectivity index (χ1n) is 6.06. The Kier molecular flexibility index (Phi) is 4.90. The van der Waals surface area contributed by atoms with Gasteiger partial charge >= 0.3 is 0 Å². The summed E-state index contributed by atoms with van der Waals surface area (Å²) in [5, 5.41) is 0. The second-order valence-electron chi connectivity index (χ2n) is 3.90. The summed E-state index contributed by atoms with van der Waals surface area (Å²) in [5.74, 6) is 0.0752. The molecule has 0 radical (unpaired) electrons. The van der Waals surface area contributed by atoms with Gasteiger partial charge in [0, 0.05) is 11.1 Å². The number of carbonyl (C=O) groups is 1. The second-order valence-corrected chi connectivity index (χ2v) is 3.90. The lowest BCUT2D eigenvalue weighted by atomic mass is 10.0. The SMILES string of the molecule is C1=CONC1.O=C(c1ccccc1)c1ccccc1. The minimum absolute atomic E-state index is 0.0752. The molecule has 3 nitrogen and oxygen atoms in total. The van der Waals surface area contributed by atoms with Crippen molar-refractivity contribution >= 4 is 5.78 Å². The second kappa shape index (κ2) is 7.13. The van der Waals surface area contributed by atoms with Gasteiger partial charge in [0.15, 0.2) is 5.78 Å². The first-order valence-corrected chi connectivity index (χ1v) is 6.06. The third-order valence-corrected chi connectivity index (χ3v) is 2.52. The Morgan fingerprint density at radius 1 is 0.895 bits per heavy atom. The van der Waals surface area contributed by atoms with Crippen LogP contribution in [-0.2, 0) is 4.84 Å². The summed E-state index contributed by atoms with van der Waals surface area (Å²) in [7, 11) is 0. The highest BCUT2D eigenvalue weighted by atomic mass is 16.6. The van der Waals surface area contributed by atoms with Crippen LogP contribution in [0.15, 0.2) is 73.0 Å². The van der Waals surface area contributed by atoms with E-state index in [1.165, 1.54) is 0 Å². The predicted molar refractivity (Wildman–Crippen MR) is 74.5 cm³/mol. The lowest BCUT2D eigenvalue weighted by Gasteiger charge is -1.99. The molecule has 3 rings (SSSR count). The van der Waals surface area contributed by atoms with Crippen LogP contribution in [0.3, 0.4) is 0 Å². The Morgan fingerprint density at radius 2 is 1.42 bits per heavy atom. The highest BCUT2D eigenvalue weighted by molar-refractivity contribution is 6.08. The van der Waals surface area contributed by atoms with E-state index in [0.29, 0.717) is 0 Å². The summed E-state index contributed by atoms with van der Waals surface area (Å²) in [4.78, 5) is 16.4. The molecule has 0 aromatic heterocycles. The molecule has 3 heteroatoms. The third-order valence-electron chi connectivity index (χ3n) is 2.52. The zero-order chi connectivity index (χ0) is 13.3. The standard InChI is InChI=1S/C13H10O.C3H5NO/c14-13(11-7-3-1-4-8-11)12-9-5-2-6-10-12;1-2-4-5-3-1/h1-10H;1,3-4H,2H2. The van der Waals surface area contributed by atoms with Crippen LogP contribution in [0.1, 0.15) is 15.9 Å². The summed E-state index contributed by atoms with van der Waals surface area (Å²) in [6.45, 7) is 0.847. The van der Waals surface area contributed by atoms with Crippen molar-refractivity contribution in [2.45, 2.75) is 0 Å². The molecule has 1 aliphatic heterocycles. The van der Waals surface area contributed by atoms with Crippen LogP contribution in [0.25, 0.3) is 0 Å². The highest BCUT2D eigenvalue weighted by Gasteiger charge is 2.06. The number of hydrogen-bond acceptors (Lipinski definition) is 3. The summed E-state index contributed by atoms with van der Waals surface area (Å²) >= 11 is 0. The number of hydrogen-bond donors (Lipinski definition) is 1. The maximum Gasteiger partial charge on any atom is 0.193 e.